The van der Waals surface area contributed by atoms with Crippen LogP contribution in [0.2, 0.25) is 0 Å². The summed E-state index contributed by atoms with van der Waals surface area (Å²) in [6.45, 7) is 3.81. The number of hydrogen-bond acceptors (Lipinski definition) is 6. The highest BCUT2D eigenvalue weighted by atomic mass is 16.5. The predicted molar refractivity (Wildman–Crippen MR) is 130 cm³/mol. The lowest BCUT2D eigenvalue weighted by Crippen LogP contribution is -2.12. The molecule has 0 atom stereocenters. The van der Waals surface area contributed by atoms with Gasteiger partial charge in [-0.25, -0.2) is 9.97 Å². The molecule has 0 saturated heterocycles. The van der Waals surface area contributed by atoms with E-state index in [1.807, 2.05) is 62.4 Å². The van der Waals surface area contributed by atoms with Gasteiger partial charge in [-0.05, 0) is 43.7 Å². The molecule has 0 aliphatic heterocycles. The molecule has 0 radical (unpaired) electrons. The highest BCUT2D eigenvalue weighted by Crippen LogP contribution is 2.36. The first-order chi connectivity index (χ1) is 16.0. The summed E-state index contributed by atoms with van der Waals surface area (Å²) in [5.74, 6) is 1.70. The molecule has 4 aromatic rings. The molecule has 1 aromatic heterocycles. The van der Waals surface area contributed by atoms with Gasteiger partial charge in [0.15, 0.2) is 11.5 Å². The number of rotatable bonds is 5. The molecule has 0 spiro atoms. The lowest BCUT2D eigenvalue weighted by Gasteiger charge is -2.14. The van der Waals surface area contributed by atoms with Gasteiger partial charge in [-0.3, -0.25) is 4.79 Å². The molecule has 2 N–H and O–H groups in total. The number of aliphatic hydroxyl groups is 1. The molecule has 170 valence electrons. The molecular weight excluding hydrogens is 418 g/mol. The Labute approximate surface area is 193 Å². The van der Waals surface area contributed by atoms with Crippen molar-refractivity contribution in [2.45, 2.75) is 13.8 Å². The molecule has 1 heterocycles. The van der Waals surface area contributed by atoms with Crippen molar-refractivity contribution in [1.82, 2.24) is 9.97 Å². The standard InChI is InChI=1S/C25H23N3O3.CH4O/c1-15-10-11-18(12-20(15)28-25(29)17-8-6-5-7-9-17)24-19-13-22(30-3)23(31-4)14-21(19)26-16(2)27-24;1-2/h5-14H,1-4H3,(H,28,29);2H,1H3. The highest BCUT2D eigenvalue weighted by molar-refractivity contribution is 6.05. The number of aryl methyl sites for hydroxylation is 2. The Hall–Kier alpha value is -3.97. The second-order valence-corrected chi connectivity index (χ2v) is 7.19. The van der Waals surface area contributed by atoms with Crippen LogP contribution in [0.25, 0.3) is 22.2 Å². The topological polar surface area (TPSA) is 93.6 Å². The van der Waals surface area contributed by atoms with E-state index in [9.17, 15) is 4.79 Å². The van der Waals surface area contributed by atoms with Gasteiger partial charge in [-0.1, -0.05) is 30.3 Å². The van der Waals surface area contributed by atoms with Crippen LogP contribution in [0.15, 0.2) is 60.7 Å². The van der Waals surface area contributed by atoms with Crippen LogP contribution >= 0.6 is 0 Å². The fraction of sp³-hybridized carbons (Fsp3) is 0.192. The molecule has 3 aromatic carbocycles. The minimum absolute atomic E-state index is 0.156. The summed E-state index contributed by atoms with van der Waals surface area (Å²) in [7, 11) is 4.20. The summed E-state index contributed by atoms with van der Waals surface area (Å²) in [5, 5.41) is 10.9. The quantitative estimate of drug-likeness (QED) is 0.459. The summed E-state index contributed by atoms with van der Waals surface area (Å²) in [5.41, 5.74) is 4.69. The Kier molecular flexibility index (Phi) is 7.58. The van der Waals surface area contributed by atoms with Gasteiger partial charge < -0.3 is 19.9 Å². The van der Waals surface area contributed by atoms with Gasteiger partial charge in [-0.2, -0.15) is 0 Å². The second kappa shape index (κ2) is 10.6. The number of nitrogens with one attached hydrogen (secondary N) is 1. The SMILES string of the molecule is CO.COc1cc2nc(C)nc(-c3ccc(C)c(NC(=O)c4ccccc4)c3)c2cc1OC. The van der Waals surface area contributed by atoms with Gasteiger partial charge in [0, 0.05) is 35.4 Å². The van der Waals surface area contributed by atoms with Crippen molar-refractivity contribution >= 4 is 22.5 Å². The minimum Gasteiger partial charge on any atom is -0.493 e. The number of amides is 1. The maximum atomic E-state index is 12.7. The van der Waals surface area contributed by atoms with Crippen LogP contribution < -0.4 is 14.8 Å². The van der Waals surface area contributed by atoms with Crippen molar-refractivity contribution in [3.8, 4) is 22.8 Å². The summed E-state index contributed by atoms with van der Waals surface area (Å²) < 4.78 is 10.9. The number of aromatic nitrogens is 2. The Morgan fingerprint density at radius 3 is 2.21 bits per heavy atom. The average Bonchev–Trinajstić information content (AvgIpc) is 2.85. The van der Waals surface area contributed by atoms with E-state index in [-0.39, 0.29) is 5.91 Å². The molecule has 0 aliphatic rings. The van der Waals surface area contributed by atoms with Crippen LogP contribution in [-0.4, -0.2) is 42.3 Å². The number of fused-ring (bicyclic) bond motifs is 1. The number of carbonyl (C=O) groups excluding carboxylic acids is 1. The zero-order chi connectivity index (χ0) is 24.0. The molecule has 4 rings (SSSR count). The molecular formula is C26H27N3O4. The normalized spacial score (nSPS) is 10.2. The molecule has 0 bridgehead atoms. The zero-order valence-electron chi connectivity index (χ0n) is 19.3. The fourth-order valence-electron chi connectivity index (χ4n) is 3.48. The summed E-state index contributed by atoms with van der Waals surface area (Å²) in [6, 6.07) is 18.8. The van der Waals surface area contributed by atoms with E-state index in [2.05, 4.69) is 10.3 Å². The molecule has 0 aliphatic carbocycles. The third kappa shape index (κ3) is 5.10. The maximum absolute atomic E-state index is 12.7. The van der Waals surface area contributed by atoms with Crippen molar-refractivity contribution < 1.29 is 19.4 Å². The van der Waals surface area contributed by atoms with Crippen LogP contribution in [0, 0.1) is 13.8 Å². The number of anilines is 1. The molecule has 0 saturated carbocycles. The molecule has 33 heavy (non-hydrogen) atoms. The Bertz CT molecular complexity index is 1270. The monoisotopic (exact) mass is 445 g/mol. The van der Waals surface area contributed by atoms with E-state index >= 15 is 0 Å². The van der Waals surface area contributed by atoms with Crippen molar-refractivity contribution in [2.24, 2.45) is 0 Å². The number of benzene rings is 3. The van der Waals surface area contributed by atoms with Crippen LogP contribution in [0.3, 0.4) is 0 Å². The third-order valence-electron chi connectivity index (χ3n) is 5.11. The summed E-state index contributed by atoms with van der Waals surface area (Å²) in [6.07, 6.45) is 0. The molecule has 7 heteroatoms. The zero-order valence-corrected chi connectivity index (χ0v) is 19.3. The lowest BCUT2D eigenvalue weighted by atomic mass is 10.0. The van der Waals surface area contributed by atoms with E-state index in [0.717, 1.165) is 40.5 Å². The predicted octanol–water partition coefficient (Wildman–Crippen LogP) is 4.79. The van der Waals surface area contributed by atoms with Gasteiger partial charge in [-0.15, -0.1) is 0 Å². The smallest absolute Gasteiger partial charge is 0.255 e. The summed E-state index contributed by atoms with van der Waals surface area (Å²) in [4.78, 5) is 21.9. The first kappa shape index (κ1) is 23.7. The minimum atomic E-state index is -0.156. The van der Waals surface area contributed by atoms with Gasteiger partial charge in [0.1, 0.15) is 5.82 Å². The number of ether oxygens (including phenoxy) is 2. The van der Waals surface area contributed by atoms with E-state index in [1.165, 1.54) is 0 Å². The Morgan fingerprint density at radius 2 is 1.55 bits per heavy atom. The molecule has 1 amide bonds. The van der Waals surface area contributed by atoms with Crippen molar-refractivity contribution in [2.75, 3.05) is 26.6 Å². The number of methoxy groups -OCH3 is 2. The first-order valence-corrected chi connectivity index (χ1v) is 10.3. The van der Waals surface area contributed by atoms with Crippen LogP contribution in [0.4, 0.5) is 5.69 Å². The number of nitrogens with zero attached hydrogens (tertiary/aromatic N) is 2. The van der Waals surface area contributed by atoms with Crippen LogP contribution in [0.1, 0.15) is 21.7 Å². The maximum Gasteiger partial charge on any atom is 0.255 e. The van der Waals surface area contributed by atoms with Crippen molar-refractivity contribution in [1.29, 1.82) is 0 Å². The molecule has 0 fully saturated rings. The number of hydrogen-bond donors (Lipinski definition) is 2. The van der Waals surface area contributed by atoms with Crippen LogP contribution in [0.5, 0.6) is 11.5 Å². The highest BCUT2D eigenvalue weighted by Gasteiger charge is 2.15. The number of aliphatic hydroxyl groups excluding tert-OH is 1. The number of carbonyl (C=O) groups is 1. The fourth-order valence-corrected chi connectivity index (χ4v) is 3.48. The van der Waals surface area contributed by atoms with Gasteiger partial charge in [0.25, 0.3) is 5.91 Å². The largest absolute Gasteiger partial charge is 0.493 e. The van der Waals surface area contributed by atoms with Gasteiger partial charge >= 0.3 is 0 Å². The summed E-state index contributed by atoms with van der Waals surface area (Å²) >= 11 is 0. The van der Waals surface area contributed by atoms with Crippen molar-refractivity contribution in [3.63, 3.8) is 0 Å². The first-order valence-electron chi connectivity index (χ1n) is 10.3. The molecule has 0 unspecified atom stereocenters. The van der Waals surface area contributed by atoms with E-state index in [4.69, 9.17) is 19.6 Å². The average molecular weight is 446 g/mol. The Balaban J connectivity index is 0.00000149. The molecule has 7 nitrogen and oxygen atoms in total. The Morgan fingerprint density at radius 1 is 0.879 bits per heavy atom. The van der Waals surface area contributed by atoms with E-state index < -0.39 is 0 Å². The van der Waals surface area contributed by atoms with Gasteiger partial charge in [0.2, 0.25) is 0 Å². The van der Waals surface area contributed by atoms with E-state index in [1.54, 1.807) is 26.4 Å². The second-order valence-electron chi connectivity index (χ2n) is 7.19. The van der Waals surface area contributed by atoms with Crippen molar-refractivity contribution in [3.05, 3.63) is 77.6 Å². The van der Waals surface area contributed by atoms with Crippen LogP contribution in [-0.2, 0) is 0 Å². The third-order valence-corrected chi connectivity index (χ3v) is 5.11. The van der Waals surface area contributed by atoms with E-state index in [0.29, 0.717) is 22.9 Å². The lowest BCUT2D eigenvalue weighted by molar-refractivity contribution is 0.102. The van der Waals surface area contributed by atoms with Gasteiger partial charge in [0.05, 0.1) is 25.4 Å².